The fourth-order valence-electron chi connectivity index (χ4n) is 2.63. The van der Waals surface area contributed by atoms with Gasteiger partial charge in [0.2, 0.25) is 5.95 Å². The van der Waals surface area contributed by atoms with Crippen molar-refractivity contribution in [1.82, 2.24) is 9.97 Å². The Morgan fingerprint density at radius 2 is 1.88 bits per heavy atom. The predicted molar refractivity (Wildman–Crippen MR) is 92.9 cm³/mol. The quantitative estimate of drug-likeness (QED) is 0.723. The standard InChI is InChI=1S/C19H17N3O2/c1-11-3-5-14(12(2)9-11)18(24)13-4-6-17(23)15(10-13)16-7-8-21-19(20)22-16/h3-10,23H,1-2H3,(H2,20,21,22). The van der Waals surface area contributed by atoms with E-state index in [1.165, 1.54) is 12.3 Å². The number of rotatable bonds is 3. The molecule has 3 rings (SSSR count). The molecule has 0 saturated heterocycles. The van der Waals surface area contributed by atoms with Gasteiger partial charge in [-0.15, -0.1) is 0 Å². The molecule has 0 saturated carbocycles. The van der Waals surface area contributed by atoms with Crippen LogP contribution in [0.3, 0.4) is 0 Å². The number of hydrogen-bond acceptors (Lipinski definition) is 5. The summed E-state index contributed by atoms with van der Waals surface area (Å²) in [4.78, 5) is 20.7. The van der Waals surface area contributed by atoms with Gasteiger partial charge in [-0.2, -0.15) is 0 Å². The van der Waals surface area contributed by atoms with E-state index in [1.54, 1.807) is 18.2 Å². The second-order valence-corrected chi connectivity index (χ2v) is 5.68. The van der Waals surface area contributed by atoms with E-state index in [9.17, 15) is 9.90 Å². The van der Waals surface area contributed by atoms with E-state index < -0.39 is 0 Å². The third-order valence-electron chi connectivity index (χ3n) is 3.84. The molecule has 3 aromatic rings. The molecule has 1 heterocycles. The number of nitrogen functional groups attached to an aromatic ring is 1. The van der Waals surface area contributed by atoms with Crippen LogP contribution in [0.4, 0.5) is 5.95 Å². The Kier molecular flexibility index (Phi) is 4.00. The molecule has 0 radical (unpaired) electrons. The second kappa shape index (κ2) is 6.12. The number of carbonyl (C=O) groups is 1. The van der Waals surface area contributed by atoms with Gasteiger partial charge in [-0.1, -0.05) is 23.8 Å². The number of benzene rings is 2. The van der Waals surface area contributed by atoms with Crippen molar-refractivity contribution in [2.24, 2.45) is 0 Å². The average molecular weight is 319 g/mol. The topological polar surface area (TPSA) is 89.1 Å². The fourth-order valence-corrected chi connectivity index (χ4v) is 2.63. The molecule has 1 aromatic heterocycles. The van der Waals surface area contributed by atoms with Crippen LogP contribution in [0, 0.1) is 13.8 Å². The van der Waals surface area contributed by atoms with Gasteiger partial charge in [0, 0.05) is 22.9 Å². The number of phenolic OH excluding ortho intramolecular Hbond substituents is 1. The minimum absolute atomic E-state index is 0.0327. The molecule has 0 aliphatic rings. The van der Waals surface area contributed by atoms with Crippen LogP contribution in [0.2, 0.25) is 0 Å². The lowest BCUT2D eigenvalue weighted by Crippen LogP contribution is -2.04. The molecule has 0 amide bonds. The van der Waals surface area contributed by atoms with Crippen LogP contribution in [-0.2, 0) is 0 Å². The molecule has 0 atom stereocenters. The van der Waals surface area contributed by atoms with E-state index in [0.29, 0.717) is 22.4 Å². The highest BCUT2D eigenvalue weighted by Crippen LogP contribution is 2.30. The summed E-state index contributed by atoms with van der Waals surface area (Å²) in [5, 5.41) is 10.1. The smallest absolute Gasteiger partial charge is 0.220 e. The summed E-state index contributed by atoms with van der Waals surface area (Å²) in [6.07, 6.45) is 1.51. The molecule has 2 aromatic carbocycles. The summed E-state index contributed by atoms with van der Waals surface area (Å²) in [6, 6.07) is 12.1. The van der Waals surface area contributed by atoms with Crippen LogP contribution in [0.15, 0.2) is 48.7 Å². The van der Waals surface area contributed by atoms with Crippen molar-refractivity contribution in [3.8, 4) is 17.0 Å². The molecule has 5 nitrogen and oxygen atoms in total. The van der Waals surface area contributed by atoms with E-state index in [4.69, 9.17) is 5.73 Å². The second-order valence-electron chi connectivity index (χ2n) is 5.68. The minimum atomic E-state index is -0.101. The maximum Gasteiger partial charge on any atom is 0.220 e. The zero-order chi connectivity index (χ0) is 17.3. The molecule has 0 bridgehead atoms. The summed E-state index contributed by atoms with van der Waals surface area (Å²) in [7, 11) is 0. The number of phenols is 1. The molecule has 0 aliphatic heterocycles. The Hall–Kier alpha value is -3.21. The van der Waals surface area contributed by atoms with Crippen molar-refractivity contribution >= 4 is 11.7 Å². The Balaban J connectivity index is 2.06. The first-order valence-corrected chi connectivity index (χ1v) is 7.49. The van der Waals surface area contributed by atoms with Crippen LogP contribution in [0.1, 0.15) is 27.0 Å². The summed E-state index contributed by atoms with van der Waals surface area (Å²) in [5.41, 5.74) is 9.65. The number of aromatic hydroxyl groups is 1. The monoisotopic (exact) mass is 319 g/mol. The third-order valence-corrected chi connectivity index (χ3v) is 3.84. The number of anilines is 1. The van der Waals surface area contributed by atoms with Crippen molar-refractivity contribution in [2.45, 2.75) is 13.8 Å². The largest absolute Gasteiger partial charge is 0.507 e. The van der Waals surface area contributed by atoms with E-state index in [2.05, 4.69) is 9.97 Å². The van der Waals surface area contributed by atoms with Crippen LogP contribution in [0.5, 0.6) is 5.75 Å². The SMILES string of the molecule is Cc1ccc(C(=O)c2ccc(O)c(-c3ccnc(N)n3)c2)c(C)c1. The zero-order valence-electron chi connectivity index (χ0n) is 13.4. The van der Waals surface area contributed by atoms with E-state index in [-0.39, 0.29) is 17.5 Å². The van der Waals surface area contributed by atoms with Crippen molar-refractivity contribution < 1.29 is 9.90 Å². The van der Waals surface area contributed by atoms with Gasteiger partial charge >= 0.3 is 0 Å². The lowest BCUT2D eigenvalue weighted by Gasteiger charge is -2.09. The highest BCUT2D eigenvalue weighted by atomic mass is 16.3. The van der Waals surface area contributed by atoms with E-state index >= 15 is 0 Å². The maximum atomic E-state index is 12.8. The molecule has 5 heteroatoms. The summed E-state index contributed by atoms with van der Waals surface area (Å²) in [6.45, 7) is 3.89. The van der Waals surface area contributed by atoms with E-state index in [1.807, 2.05) is 32.0 Å². The van der Waals surface area contributed by atoms with Gasteiger partial charge in [-0.05, 0) is 43.7 Å². The maximum absolute atomic E-state index is 12.8. The number of hydrogen-bond donors (Lipinski definition) is 2. The summed E-state index contributed by atoms with van der Waals surface area (Å²) >= 11 is 0. The Morgan fingerprint density at radius 3 is 2.58 bits per heavy atom. The number of aromatic nitrogens is 2. The van der Waals surface area contributed by atoms with Gasteiger partial charge in [0.1, 0.15) is 5.75 Å². The average Bonchev–Trinajstić information content (AvgIpc) is 2.55. The van der Waals surface area contributed by atoms with Crippen molar-refractivity contribution in [3.05, 3.63) is 70.9 Å². The highest BCUT2D eigenvalue weighted by molar-refractivity contribution is 6.10. The molecule has 0 unspecified atom stereocenters. The lowest BCUT2D eigenvalue weighted by molar-refractivity contribution is 0.103. The van der Waals surface area contributed by atoms with E-state index in [0.717, 1.165) is 11.1 Å². The van der Waals surface area contributed by atoms with Crippen LogP contribution >= 0.6 is 0 Å². The molecule has 0 fully saturated rings. The highest BCUT2D eigenvalue weighted by Gasteiger charge is 2.15. The normalized spacial score (nSPS) is 10.6. The number of nitrogens with two attached hydrogens (primary N) is 1. The van der Waals surface area contributed by atoms with Gasteiger partial charge in [0.25, 0.3) is 0 Å². The third kappa shape index (κ3) is 2.96. The van der Waals surface area contributed by atoms with Crippen LogP contribution < -0.4 is 5.73 Å². The molecule has 0 spiro atoms. The van der Waals surface area contributed by atoms with Gasteiger partial charge in [-0.25, -0.2) is 9.97 Å². The Morgan fingerprint density at radius 1 is 1.08 bits per heavy atom. The predicted octanol–water partition coefficient (Wildman–Crippen LogP) is 3.28. The first kappa shape index (κ1) is 15.7. The molecular formula is C19H17N3O2. The number of aryl methyl sites for hydroxylation is 2. The van der Waals surface area contributed by atoms with Crippen molar-refractivity contribution in [3.63, 3.8) is 0 Å². The van der Waals surface area contributed by atoms with Crippen molar-refractivity contribution in [1.29, 1.82) is 0 Å². The Bertz CT molecular complexity index is 936. The zero-order valence-corrected chi connectivity index (χ0v) is 13.4. The molecule has 120 valence electrons. The molecule has 24 heavy (non-hydrogen) atoms. The molecular weight excluding hydrogens is 302 g/mol. The van der Waals surface area contributed by atoms with Gasteiger partial charge in [0.15, 0.2) is 5.78 Å². The molecule has 3 N–H and O–H groups in total. The first-order valence-electron chi connectivity index (χ1n) is 7.49. The van der Waals surface area contributed by atoms with Gasteiger partial charge < -0.3 is 10.8 Å². The Labute approximate surface area is 139 Å². The summed E-state index contributed by atoms with van der Waals surface area (Å²) < 4.78 is 0. The van der Waals surface area contributed by atoms with Crippen LogP contribution in [0.25, 0.3) is 11.3 Å². The first-order chi connectivity index (χ1) is 11.5. The number of nitrogens with zero attached hydrogens (tertiary/aromatic N) is 2. The van der Waals surface area contributed by atoms with Gasteiger partial charge in [-0.3, -0.25) is 4.79 Å². The van der Waals surface area contributed by atoms with Gasteiger partial charge in [0.05, 0.1) is 5.69 Å². The number of carbonyl (C=O) groups excluding carboxylic acids is 1. The number of ketones is 1. The fraction of sp³-hybridized carbons (Fsp3) is 0.105. The van der Waals surface area contributed by atoms with Crippen LogP contribution in [-0.4, -0.2) is 20.9 Å². The lowest BCUT2D eigenvalue weighted by atomic mass is 9.96. The minimum Gasteiger partial charge on any atom is -0.507 e. The van der Waals surface area contributed by atoms with Crippen molar-refractivity contribution in [2.75, 3.05) is 5.73 Å². The molecule has 0 aliphatic carbocycles. The summed E-state index contributed by atoms with van der Waals surface area (Å²) in [5.74, 6) is 0.0408.